The second kappa shape index (κ2) is 4.68. The maximum atomic E-state index is 5.97. The molecule has 2 aliphatic heterocycles. The number of H-pyrrole nitrogens is 1. The van der Waals surface area contributed by atoms with Crippen LogP contribution in [0.1, 0.15) is 28.7 Å². The van der Waals surface area contributed by atoms with Crippen molar-refractivity contribution in [3.05, 3.63) is 51.6 Å². The molecule has 0 saturated carbocycles. The number of para-hydroxylation sites is 1. The Morgan fingerprint density at radius 1 is 1.30 bits per heavy atom. The average molecular weight is 286 g/mol. The van der Waals surface area contributed by atoms with Crippen LogP contribution in [0.4, 0.5) is 0 Å². The molecule has 0 aliphatic carbocycles. The maximum Gasteiger partial charge on any atom is 0.160 e. The van der Waals surface area contributed by atoms with E-state index in [0.29, 0.717) is 11.2 Å². The predicted molar refractivity (Wildman–Crippen MR) is 76.3 cm³/mol. The minimum Gasteiger partial charge on any atom is -0.482 e. The largest absolute Gasteiger partial charge is 0.482 e. The summed E-state index contributed by atoms with van der Waals surface area (Å²) in [5.41, 5.74) is 3.39. The first kappa shape index (κ1) is 12.1. The van der Waals surface area contributed by atoms with E-state index in [2.05, 4.69) is 16.0 Å². The third-order valence-corrected chi connectivity index (χ3v) is 4.16. The van der Waals surface area contributed by atoms with Gasteiger partial charge in [0.05, 0.1) is 13.2 Å². The molecular weight excluding hydrogens is 272 g/mol. The highest BCUT2D eigenvalue weighted by Gasteiger charge is 2.27. The van der Waals surface area contributed by atoms with Gasteiger partial charge in [-0.3, -0.25) is 0 Å². The normalized spacial score (nSPS) is 20.1. The van der Waals surface area contributed by atoms with Crippen molar-refractivity contribution in [3.8, 4) is 5.75 Å². The fourth-order valence-corrected chi connectivity index (χ4v) is 3.04. The van der Waals surface area contributed by atoms with E-state index < -0.39 is 0 Å². The standard InChI is InChI=1S/C15H14N2O2S/c20-15-10-8-18-6-5-11(10)16-14(17-15)13-7-9-3-1-2-4-12(9)19-13/h1-4,13H,5-8H2,(H,16,17,20). The fraction of sp³-hybridized carbons (Fsp3) is 0.333. The molecule has 0 radical (unpaired) electrons. The minimum absolute atomic E-state index is 0.0674. The molecule has 1 aromatic heterocycles. The lowest BCUT2D eigenvalue weighted by Gasteiger charge is -2.19. The average Bonchev–Trinajstić information content (AvgIpc) is 2.91. The highest BCUT2D eigenvalue weighted by atomic mass is 32.1. The first-order valence-electron chi connectivity index (χ1n) is 6.75. The Balaban J connectivity index is 1.71. The molecule has 2 aliphatic rings. The third-order valence-electron chi connectivity index (χ3n) is 3.82. The lowest BCUT2D eigenvalue weighted by atomic mass is 10.1. The summed E-state index contributed by atoms with van der Waals surface area (Å²) in [5.74, 6) is 1.77. The summed E-state index contributed by atoms with van der Waals surface area (Å²) in [6.45, 7) is 1.29. The van der Waals surface area contributed by atoms with Gasteiger partial charge in [-0.25, -0.2) is 4.98 Å². The van der Waals surface area contributed by atoms with Gasteiger partial charge in [-0.15, -0.1) is 0 Å². The molecular formula is C15H14N2O2S. The first-order chi connectivity index (χ1) is 9.81. The smallest absolute Gasteiger partial charge is 0.160 e. The Morgan fingerprint density at radius 3 is 3.10 bits per heavy atom. The van der Waals surface area contributed by atoms with Crippen LogP contribution in [0, 0.1) is 4.64 Å². The predicted octanol–water partition coefficient (Wildman–Crippen LogP) is 2.89. The van der Waals surface area contributed by atoms with Crippen molar-refractivity contribution >= 4 is 12.2 Å². The number of benzene rings is 1. The van der Waals surface area contributed by atoms with Gasteiger partial charge < -0.3 is 14.5 Å². The van der Waals surface area contributed by atoms with E-state index in [1.54, 1.807) is 0 Å². The van der Waals surface area contributed by atoms with Crippen molar-refractivity contribution in [3.63, 3.8) is 0 Å². The quantitative estimate of drug-likeness (QED) is 0.819. The van der Waals surface area contributed by atoms with Gasteiger partial charge >= 0.3 is 0 Å². The molecule has 1 N–H and O–H groups in total. The van der Waals surface area contributed by atoms with Crippen LogP contribution in [0.5, 0.6) is 5.75 Å². The Morgan fingerprint density at radius 2 is 2.20 bits per heavy atom. The Bertz CT molecular complexity index is 701. The molecule has 2 aromatic rings. The monoisotopic (exact) mass is 286 g/mol. The number of fused-ring (bicyclic) bond motifs is 2. The summed E-state index contributed by atoms with van der Waals surface area (Å²) >= 11 is 5.38. The number of nitrogens with zero attached hydrogens (tertiary/aromatic N) is 1. The number of aromatic amines is 1. The van der Waals surface area contributed by atoms with E-state index in [1.807, 2.05) is 18.2 Å². The third kappa shape index (κ3) is 1.94. The molecule has 5 heteroatoms. The van der Waals surface area contributed by atoms with Crippen LogP contribution in [0.3, 0.4) is 0 Å². The van der Waals surface area contributed by atoms with Crippen molar-refractivity contribution in [2.24, 2.45) is 0 Å². The molecule has 4 rings (SSSR count). The van der Waals surface area contributed by atoms with Gasteiger partial charge in [0, 0.05) is 24.1 Å². The zero-order valence-corrected chi connectivity index (χ0v) is 11.7. The molecule has 0 amide bonds. The summed E-state index contributed by atoms with van der Waals surface area (Å²) < 4.78 is 12.0. The molecule has 1 atom stereocenters. The van der Waals surface area contributed by atoms with Crippen LogP contribution in [0.25, 0.3) is 0 Å². The first-order valence-corrected chi connectivity index (χ1v) is 7.16. The Kier molecular flexibility index (Phi) is 2.82. The van der Waals surface area contributed by atoms with Crippen LogP contribution in [-0.2, 0) is 24.2 Å². The van der Waals surface area contributed by atoms with Crippen molar-refractivity contribution in [2.75, 3.05) is 6.61 Å². The number of nitrogens with one attached hydrogen (secondary N) is 1. The minimum atomic E-state index is -0.0674. The highest BCUT2D eigenvalue weighted by Crippen LogP contribution is 2.35. The molecule has 0 fully saturated rings. The number of hydrogen-bond acceptors (Lipinski definition) is 4. The van der Waals surface area contributed by atoms with E-state index in [-0.39, 0.29) is 6.10 Å². The summed E-state index contributed by atoms with van der Waals surface area (Å²) in [5, 5.41) is 0. The number of rotatable bonds is 1. The van der Waals surface area contributed by atoms with Gasteiger partial charge in [-0.1, -0.05) is 30.4 Å². The van der Waals surface area contributed by atoms with Crippen LogP contribution >= 0.6 is 12.2 Å². The van der Waals surface area contributed by atoms with Gasteiger partial charge in [0.1, 0.15) is 16.2 Å². The van der Waals surface area contributed by atoms with Crippen LogP contribution in [-0.4, -0.2) is 16.6 Å². The van der Waals surface area contributed by atoms with E-state index in [1.165, 1.54) is 5.56 Å². The van der Waals surface area contributed by atoms with Crippen molar-refractivity contribution in [1.29, 1.82) is 0 Å². The molecule has 0 saturated heterocycles. The fourth-order valence-electron chi connectivity index (χ4n) is 2.76. The zero-order chi connectivity index (χ0) is 13.5. The molecule has 102 valence electrons. The van der Waals surface area contributed by atoms with Gasteiger partial charge in [-0.05, 0) is 11.6 Å². The van der Waals surface area contributed by atoms with Gasteiger partial charge in [0.15, 0.2) is 6.10 Å². The van der Waals surface area contributed by atoms with E-state index >= 15 is 0 Å². The molecule has 0 bridgehead atoms. The molecule has 1 aromatic carbocycles. The van der Waals surface area contributed by atoms with Gasteiger partial charge in [0.25, 0.3) is 0 Å². The van der Waals surface area contributed by atoms with Crippen LogP contribution in [0.15, 0.2) is 24.3 Å². The van der Waals surface area contributed by atoms with Crippen molar-refractivity contribution in [1.82, 2.24) is 9.97 Å². The van der Waals surface area contributed by atoms with E-state index in [4.69, 9.17) is 21.7 Å². The Hall–Kier alpha value is -1.72. The van der Waals surface area contributed by atoms with E-state index in [0.717, 1.165) is 42.3 Å². The molecule has 3 heterocycles. The second-order valence-corrected chi connectivity index (χ2v) is 5.49. The van der Waals surface area contributed by atoms with Crippen LogP contribution < -0.4 is 4.74 Å². The van der Waals surface area contributed by atoms with E-state index in [9.17, 15) is 0 Å². The maximum absolute atomic E-state index is 5.97. The van der Waals surface area contributed by atoms with Crippen LogP contribution in [0.2, 0.25) is 0 Å². The molecule has 1 unspecified atom stereocenters. The lowest BCUT2D eigenvalue weighted by Crippen LogP contribution is -2.17. The topological polar surface area (TPSA) is 47.1 Å². The zero-order valence-electron chi connectivity index (χ0n) is 10.9. The summed E-state index contributed by atoms with van der Waals surface area (Å²) in [4.78, 5) is 7.91. The molecule has 20 heavy (non-hydrogen) atoms. The van der Waals surface area contributed by atoms with Gasteiger partial charge in [0.2, 0.25) is 0 Å². The number of hydrogen-bond donors (Lipinski definition) is 1. The van der Waals surface area contributed by atoms with Crippen molar-refractivity contribution in [2.45, 2.75) is 25.6 Å². The lowest BCUT2D eigenvalue weighted by molar-refractivity contribution is 0.107. The SMILES string of the molecule is S=c1nc(C2Cc3ccccc3O2)[nH]c2c1COCC2. The van der Waals surface area contributed by atoms with Gasteiger partial charge in [-0.2, -0.15) is 0 Å². The van der Waals surface area contributed by atoms with Crippen molar-refractivity contribution < 1.29 is 9.47 Å². The number of aromatic nitrogens is 2. The molecule has 0 spiro atoms. The number of ether oxygens (including phenoxy) is 2. The second-order valence-electron chi connectivity index (χ2n) is 5.11. The summed E-state index contributed by atoms with van der Waals surface area (Å²) in [7, 11) is 0. The summed E-state index contributed by atoms with van der Waals surface area (Å²) in [6.07, 6.45) is 1.62. The Labute approximate surface area is 121 Å². The highest BCUT2D eigenvalue weighted by molar-refractivity contribution is 7.71. The summed E-state index contributed by atoms with van der Waals surface area (Å²) in [6, 6.07) is 8.11. The molecule has 4 nitrogen and oxygen atoms in total.